The van der Waals surface area contributed by atoms with E-state index in [9.17, 15) is 19.2 Å². The first-order valence-corrected chi connectivity index (χ1v) is 10.6. The van der Waals surface area contributed by atoms with Crippen molar-refractivity contribution in [3.05, 3.63) is 0 Å². The van der Waals surface area contributed by atoms with Crippen LogP contribution in [0.5, 0.6) is 0 Å². The van der Waals surface area contributed by atoms with Gasteiger partial charge in [0.25, 0.3) is 5.79 Å². The summed E-state index contributed by atoms with van der Waals surface area (Å²) >= 11 is 0. The topological polar surface area (TPSA) is 124 Å². The van der Waals surface area contributed by atoms with Gasteiger partial charge in [-0.15, -0.1) is 0 Å². The first-order chi connectivity index (χ1) is 14.6. The predicted molar refractivity (Wildman–Crippen MR) is 106 cm³/mol. The third-order valence-corrected chi connectivity index (χ3v) is 4.53. The van der Waals surface area contributed by atoms with Crippen LogP contribution < -0.4 is 0 Å². The van der Waals surface area contributed by atoms with Crippen LogP contribution in [0.2, 0.25) is 0 Å². The van der Waals surface area contributed by atoms with E-state index >= 15 is 0 Å². The molecule has 0 spiro atoms. The molecule has 0 unspecified atom stereocenters. The summed E-state index contributed by atoms with van der Waals surface area (Å²) in [6.07, 6.45) is 1.94. The minimum Gasteiger partial charge on any atom is -0.463 e. The van der Waals surface area contributed by atoms with Gasteiger partial charge >= 0.3 is 23.9 Å². The van der Waals surface area contributed by atoms with Crippen molar-refractivity contribution >= 4 is 23.9 Å². The van der Waals surface area contributed by atoms with E-state index in [0.717, 1.165) is 52.9 Å². The highest BCUT2D eigenvalue weighted by Gasteiger charge is 2.65. The lowest BCUT2D eigenvalue weighted by atomic mass is 10.1. The molecule has 0 saturated carbocycles. The van der Waals surface area contributed by atoms with Crippen LogP contribution in [-0.2, 0) is 47.6 Å². The van der Waals surface area contributed by atoms with Gasteiger partial charge in [-0.25, -0.2) is 0 Å². The molecule has 1 aliphatic heterocycles. The Bertz CT molecular complexity index is 619. The van der Waals surface area contributed by atoms with Gasteiger partial charge in [0.2, 0.25) is 12.4 Å². The number of hydrogen-bond acceptors (Lipinski definition) is 10. The summed E-state index contributed by atoms with van der Waals surface area (Å²) in [5.41, 5.74) is 0. The molecule has 1 fully saturated rings. The van der Waals surface area contributed by atoms with Gasteiger partial charge in [-0.1, -0.05) is 39.0 Å². The summed E-state index contributed by atoms with van der Waals surface area (Å²) in [5.74, 6) is -4.71. The Morgan fingerprint density at radius 1 is 0.806 bits per heavy atom. The molecule has 10 heteroatoms. The third kappa shape index (κ3) is 8.82. The third-order valence-electron chi connectivity index (χ3n) is 4.53. The lowest BCUT2D eigenvalue weighted by Crippen LogP contribution is -2.57. The van der Waals surface area contributed by atoms with Crippen LogP contribution in [0.3, 0.4) is 0 Å². The predicted octanol–water partition coefficient (Wildman–Crippen LogP) is 2.41. The van der Waals surface area contributed by atoms with E-state index in [0.29, 0.717) is 6.42 Å². The number of ether oxygens (including phenoxy) is 6. The van der Waals surface area contributed by atoms with Gasteiger partial charge in [0.15, 0.2) is 6.10 Å². The van der Waals surface area contributed by atoms with Crippen LogP contribution >= 0.6 is 0 Å². The number of unbranched alkanes of at least 4 members (excludes halogenated alkanes) is 5. The highest BCUT2D eigenvalue weighted by Crippen LogP contribution is 2.39. The summed E-state index contributed by atoms with van der Waals surface area (Å²) in [6.45, 7) is 6.58. The second-order valence-electron chi connectivity index (χ2n) is 7.37. The fourth-order valence-electron chi connectivity index (χ4n) is 3.29. The van der Waals surface area contributed by atoms with Gasteiger partial charge in [0.05, 0.1) is 6.61 Å². The number of carbonyl (C=O) groups excluding carboxylic acids is 4. The van der Waals surface area contributed by atoms with Crippen LogP contribution in [0, 0.1) is 0 Å². The van der Waals surface area contributed by atoms with E-state index in [1.165, 1.54) is 6.92 Å². The zero-order valence-electron chi connectivity index (χ0n) is 19.0. The van der Waals surface area contributed by atoms with E-state index < -0.39 is 48.2 Å². The van der Waals surface area contributed by atoms with Gasteiger partial charge in [0, 0.05) is 27.7 Å². The minimum atomic E-state index is -1.95. The normalized spacial score (nSPS) is 25.0. The second kappa shape index (κ2) is 13.3. The molecule has 4 atom stereocenters. The number of hydrogen-bond donors (Lipinski definition) is 0. The monoisotopic (exact) mass is 446 g/mol. The molecule has 0 aromatic rings. The lowest BCUT2D eigenvalue weighted by molar-refractivity contribution is -0.282. The van der Waals surface area contributed by atoms with Crippen molar-refractivity contribution in [2.45, 2.75) is 97.4 Å². The average molecular weight is 446 g/mol. The molecular weight excluding hydrogens is 412 g/mol. The molecule has 0 amide bonds. The van der Waals surface area contributed by atoms with Crippen molar-refractivity contribution in [2.24, 2.45) is 0 Å². The van der Waals surface area contributed by atoms with Crippen molar-refractivity contribution < 1.29 is 47.6 Å². The van der Waals surface area contributed by atoms with Crippen molar-refractivity contribution in [1.82, 2.24) is 0 Å². The summed E-state index contributed by atoms with van der Waals surface area (Å²) in [5, 5.41) is 0. The van der Waals surface area contributed by atoms with E-state index in [2.05, 4.69) is 6.92 Å². The Balaban J connectivity index is 3.12. The zero-order chi connectivity index (χ0) is 23.4. The SMILES string of the molecule is CCCCCCCCO[C@@]1(OC(C)=O)[C@@H](COC(C)=O)O[C@H](OC(C)=O)[C@@H]1OC(C)=O. The molecule has 0 aromatic carbocycles. The lowest BCUT2D eigenvalue weighted by Gasteiger charge is -2.36. The fraction of sp³-hybridized carbons (Fsp3) is 0.810. The van der Waals surface area contributed by atoms with Gasteiger partial charge in [-0.3, -0.25) is 19.2 Å². The van der Waals surface area contributed by atoms with Crippen LogP contribution in [0.4, 0.5) is 0 Å². The molecule has 0 radical (unpaired) electrons. The largest absolute Gasteiger partial charge is 0.463 e. The Morgan fingerprint density at radius 3 is 1.97 bits per heavy atom. The Kier molecular flexibility index (Phi) is 11.5. The maximum absolute atomic E-state index is 11.9. The number of esters is 4. The van der Waals surface area contributed by atoms with Crippen LogP contribution in [-0.4, -0.2) is 61.4 Å². The molecule has 0 bridgehead atoms. The van der Waals surface area contributed by atoms with E-state index in [1.807, 2.05) is 0 Å². The van der Waals surface area contributed by atoms with Crippen LogP contribution in [0.15, 0.2) is 0 Å². The van der Waals surface area contributed by atoms with E-state index in [-0.39, 0.29) is 13.2 Å². The first-order valence-electron chi connectivity index (χ1n) is 10.6. The Labute approximate surface area is 182 Å². The minimum absolute atomic E-state index is 0.157. The maximum atomic E-state index is 11.9. The Hall–Kier alpha value is -2.20. The summed E-state index contributed by atoms with van der Waals surface area (Å²) in [7, 11) is 0. The van der Waals surface area contributed by atoms with Crippen molar-refractivity contribution in [2.75, 3.05) is 13.2 Å². The number of rotatable bonds is 13. The molecule has 178 valence electrons. The van der Waals surface area contributed by atoms with Crippen molar-refractivity contribution in [3.63, 3.8) is 0 Å². The fourth-order valence-corrected chi connectivity index (χ4v) is 3.29. The molecule has 1 saturated heterocycles. The standard InChI is InChI=1S/C21H34O10/c1-6-7-8-9-10-11-12-27-21(31-17(5)25)18(13-26-14(2)22)30-20(29-16(4)24)19(21)28-15(3)23/h18-20H,6-13H2,1-5H3/t18-,19+,20+,21-/m1/s1. The van der Waals surface area contributed by atoms with E-state index in [4.69, 9.17) is 28.4 Å². The molecular formula is C21H34O10. The van der Waals surface area contributed by atoms with Gasteiger partial charge < -0.3 is 28.4 Å². The quantitative estimate of drug-likeness (QED) is 0.180. The molecule has 1 aliphatic rings. The second-order valence-corrected chi connectivity index (χ2v) is 7.37. The van der Waals surface area contributed by atoms with Crippen LogP contribution in [0.25, 0.3) is 0 Å². The van der Waals surface area contributed by atoms with Gasteiger partial charge in [-0.05, 0) is 6.42 Å². The molecule has 0 aromatic heterocycles. The zero-order valence-corrected chi connectivity index (χ0v) is 19.0. The molecule has 1 heterocycles. The highest BCUT2D eigenvalue weighted by atomic mass is 16.8. The number of carbonyl (C=O) groups is 4. The van der Waals surface area contributed by atoms with Crippen molar-refractivity contribution in [1.29, 1.82) is 0 Å². The average Bonchev–Trinajstić information content (AvgIpc) is 2.90. The molecule has 0 aliphatic carbocycles. The molecule has 1 rings (SSSR count). The Morgan fingerprint density at radius 2 is 1.42 bits per heavy atom. The maximum Gasteiger partial charge on any atom is 0.305 e. The van der Waals surface area contributed by atoms with Crippen LogP contribution in [0.1, 0.15) is 73.1 Å². The molecule has 0 N–H and O–H groups in total. The first kappa shape index (κ1) is 26.8. The highest BCUT2D eigenvalue weighted by molar-refractivity contribution is 5.69. The summed E-state index contributed by atoms with van der Waals surface area (Å²) in [6, 6.07) is 0. The van der Waals surface area contributed by atoms with Gasteiger partial charge in [-0.2, -0.15) is 0 Å². The summed E-state index contributed by atoms with van der Waals surface area (Å²) in [4.78, 5) is 46.6. The van der Waals surface area contributed by atoms with Crippen molar-refractivity contribution in [3.8, 4) is 0 Å². The molecule has 31 heavy (non-hydrogen) atoms. The molecule has 10 nitrogen and oxygen atoms in total. The smallest absolute Gasteiger partial charge is 0.305 e. The summed E-state index contributed by atoms with van der Waals surface area (Å²) < 4.78 is 32.5. The van der Waals surface area contributed by atoms with E-state index in [1.54, 1.807) is 0 Å². The van der Waals surface area contributed by atoms with Gasteiger partial charge in [0.1, 0.15) is 6.61 Å².